The first kappa shape index (κ1) is 22.3. The van der Waals surface area contributed by atoms with Crippen LogP contribution in [0.4, 0.5) is 13.2 Å². The fraction of sp³-hybridized carbons (Fsp3) is 0.684. The van der Waals surface area contributed by atoms with Crippen molar-refractivity contribution in [2.75, 3.05) is 26.8 Å². The Kier molecular flexibility index (Phi) is 9.33. The van der Waals surface area contributed by atoms with Crippen LogP contribution in [0.3, 0.4) is 0 Å². The van der Waals surface area contributed by atoms with Gasteiger partial charge in [-0.05, 0) is 18.9 Å². The fourth-order valence-corrected chi connectivity index (χ4v) is 3.04. The summed E-state index contributed by atoms with van der Waals surface area (Å²) in [5.74, 6) is 0.495. The predicted octanol–water partition coefficient (Wildman–Crippen LogP) is 3.43. The van der Waals surface area contributed by atoms with Crippen molar-refractivity contribution in [3.63, 3.8) is 0 Å². The largest absolute Gasteiger partial charge is 0.468 e. The summed E-state index contributed by atoms with van der Waals surface area (Å²) in [6.07, 6.45) is 4.60. The molecule has 1 aromatic heterocycles. The maximum Gasteiger partial charge on any atom is 0.422 e. The third-order valence-electron chi connectivity index (χ3n) is 4.44. The summed E-state index contributed by atoms with van der Waals surface area (Å²) in [5.41, 5.74) is 0.518. The molecule has 0 radical (unpaired) electrons. The lowest BCUT2D eigenvalue weighted by atomic mass is 10.1. The molecular weight excluding hydrogens is 373 g/mol. The zero-order chi connectivity index (χ0) is 20.2. The number of alkyl halides is 3. The molecular formula is C19H29F3N4O2. The summed E-state index contributed by atoms with van der Waals surface area (Å²) in [5, 5.41) is 6.20. The van der Waals surface area contributed by atoms with Gasteiger partial charge in [-0.2, -0.15) is 13.2 Å². The molecule has 6 nitrogen and oxygen atoms in total. The number of aliphatic imine (C=N–C) groups is 1. The van der Waals surface area contributed by atoms with E-state index in [1.807, 2.05) is 0 Å². The molecule has 2 N–H and O–H groups in total. The van der Waals surface area contributed by atoms with Gasteiger partial charge in [0.2, 0.25) is 5.88 Å². The Balaban J connectivity index is 1.73. The number of hydrogen-bond donors (Lipinski definition) is 2. The molecule has 0 aliphatic heterocycles. The van der Waals surface area contributed by atoms with E-state index in [1.54, 1.807) is 19.2 Å². The highest BCUT2D eigenvalue weighted by Crippen LogP contribution is 2.20. The minimum absolute atomic E-state index is 0.0422. The normalized spacial score (nSPS) is 16.5. The molecule has 0 atom stereocenters. The number of guanidine groups is 1. The van der Waals surface area contributed by atoms with Crippen molar-refractivity contribution in [3.8, 4) is 5.88 Å². The van der Waals surface area contributed by atoms with Crippen LogP contribution in [0.25, 0.3) is 0 Å². The quantitative estimate of drug-likeness (QED) is 0.302. The SMILES string of the molecule is CN=C(NCCOC1CCCCCC1)NCc1cccnc1OCC(F)(F)F. The summed E-state index contributed by atoms with van der Waals surface area (Å²) in [4.78, 5) is 7.99. The van der Waals surface area contributed by atoms with Gasteiger partial charge in [-0.3, -0.25) is 4.99 Å². The van der Waals surface area contributed by atoms with Gasteiger partial charge in [0.15, 0.2) is 12.6 Å². The van der Waals surface area contributed by atoms with E-state index < -0.39 is 12.8 Å². The zero-order valence-corrected chi connectivity index (χ0v) is 16.2. The van der Waals surface area contributed by atoms with Crippen molar-refractivity contribution in [1.82, 2.24) is 15.6 Å². The number of nitrogens with one attached hydrogen (secondary N) is 2. The average molecular weight is 402 g/mol. The van der Waals surface area contributed by atoms with Gasteiger partial charge in [0.1, 0.15) is 0 Å². The van der Waals surface area contributed by atoms with Crippen LogP contribution >= 0.6 is 0 Å². The summed E-state index contributed by atoms with van der Waals surface area (Å²) < 4.78 is 47.8. The molecule has 158 valence electrons. The van der Waals surface area contributed by atoms with E-state index in [0.717, 1.165) is 12.8 Å². The Hall–Kier alpha value is -2.03. The molecule has 9 heteroatoms. The highest BCUT2D eigenvalue weighted by atomic mass is 19.4. The number of hydrogen-bond acceptors (Lipinski definition) is 4. The van der Waals surface area contributed by atoms with E-state index in [9.17, 15) is 13.2 Å². The number of rotatable bonds is 8. The maximum absolute atomic E-state index is 12.4. The molecule has 0 aromatic carbocycles. The number of halogens is 3. The van der Waals surface area contributed by atoms with E-state index >= 15 is 0 Å². The minimum Gasteiger partial charge on any atom is -0.468 e. The van der Waals surface area contributed by atoms with Crippen LogP contribution in [-0.4, -0.2) is 50.0 Å². The Labute approximate surface area is 163 Å². The van der Waals surface area contributed by atoms with Gasteiger partial charge in [-0.25, -0.2) is 4.98 Å². The summed E-state index contributed by atoms with van der Waals surface area (Å²) in [6, 6.07) is 3.31. The van der Waals surface area contributed by atoms with Crippen LogP contribution in [0, 0.1) is 0 Å². The van der Waals surface area contributed by atoms with Crippen LogP contribution in [0.2, 0.25) is 0 Å². The molecule has 28 heavy (non-hydrogen) atoms. The molecule has 1 saturated carbocycles. The Morgan fingerprint density at radius 3 is 2.64 bits per heavy atom. The molecule has 0 bridgehead atoms. The predicted molar refractivity (Wildman–Crippen MR) is 101 cm³/mol. The van der Waals surface area contributed by atoms with Gasteiger partial charge < -0.3 is 20.1 Å². The first-order chi connectivity index (χ1) is 13.5. The van der Waals surface area contributed by atoms with Gasteiger partial charge >= 0.3 is 6.18 Å². The van der Waals surface area contributed by atoms with E-state index in [1.165, 1.54) is 31.9 Å². The van der Waals surface area contributed by atoms with E-state index in [2.05, 4.69) is 20.6 Å². The molecule has 0 spiro atoms. The number of nitrogens with zero attached hydrogens (tertiary/aromatic N) is 2. The standard InChI is InChI=1S/C19H29F3N4O2/c1-23-18(25-11-12-27-16-8-4-2-3-5-9-16)26-13-15-7-6-10-24-17(15)28-14-19(20,21)22/h6-7,10,16H,2-5,8-9,11-14H2,1H3,(H2,23,25,26). The van der Waals surface area contributed by atoms with Gasteiger partial charge in [-0.1, -0.05) is 31.7 Å². The van der Waals surface area contributed by atoms with Gasteiger partial charge in [-0.15, -0.1) is 0 Å². The van der Waals surface area contributed by atoms with Crippen molar-refractivity contribution in [1.29, 1.82) is 0 Å². The van der Waals surface area contributed by atoms with Crippen LogP contribution in [0.15, 0.2) is 23.3 Å². The maximum atomic E-state index is 12.4. The summed E-state index contributed by atoms with van der Waals surface area (Å²) >= 11 is 0. The lowest BCUT2D eigenvalue weighted by Gasteiger charge is -2.17. The zero-order valence-electron chi connectivity index (χ0n) is 16.2. The fourth-order valence-electron chi connectivity index (χ4n) is 3.04. The van der Waals surface area contributed by atoms with Crippen molar-refractivity contribution in [2.45, 2.75) is 57.3 Å². The Morgan fingerprint density at radius 2 is 1.96 bits per heavy atom. The van der Waals surface area contributed by atoms with Gasteiger partial charge in [0.05, 0.1) is 12.7 Å². The first-order valence-corrected chi connectivity index (χ1v) is 9.67. The molecule has 2 rings (SSSR count). The monoisotopic (exact) mass is 402 g/mol. The summed E-state index contributed by atoms with van der Waals surface area (Å²) in [6.45, 7) is 0.0471. The van der Waals surface area contributed by atoms with Crippen molar-refractivity contribution in [2.24, 2.45) is 4.99 Å². The van der Waals surface area contributed by atoms with E-state index in [0.29, 0.717) is 30.8 Å². The molecule has 1 fully saturated rings. The van der Waals surface area contributed by atoms with E-state index in [-0.39, 0.29) is 12.4 Å². The van der Waals surface area contributed by atoms with Gasteiger partial charge in [0.25, 0.3) is 0 Å². The lowest BCUT2D eigenvalue weighted by Crippen LogP contribution is -2.39. The van der Waals surface area contributed by atoms with E-state index in [4.69, 9.17) is 9.47 Å². The topological polar surface area (TPSA) is 67.8 Å². The van der Waals surface area contributed by atoms with Crippen molar-refractivity contribution in [3.05, 3.63) is 23.9 Å². The Morgan fingerprint density at radius 1 is 1.21 bits per heavy atom. The average Bonchev–Trinajstić information content (AvgIpc) is 2.94. The molecule has 1 heterocycles. The van der Waals surface area contributed by atoms with Crippen molar-refractivity contribution < 1.29 is 22.6 Å². The van der Waals surface area contributed by atoms with Crippen LogP contribution < -0.4 is 15.4 Å². The van der Waals surface area contributed by atoms with Crippen LogP contribution in [0.1, 0.15) is 44.1 Å². The van der Waals surface area contributed by atoms with Gasteiger partial charge in [0, 0.05) is 31.9 Å². The molecule has 0 saturated heterocycles. The third kappa shape index (κ3) is 8.77. The summed E-state index contributed by atoms with van der Waals surface area (Å²) in [7, 11) is 1.63. The first-order valence-electron chi connectivity index (χ1n) is 9.67. The molecule has 1 aliphatic carbocycles. The molecule has 1 aliphatic rings. The second-order valence-electron chi connectivity index (χ2n) is 6.71. The van der Waals surface area contributed by atoms with Crippen LogP contribution in [-0.2, 0) is 11.3 Å². The lowest BCUT2D eigenvalue weighted by molar-refractivity contribution is -0.154. The Bertz CT molecular complexity index is 603. The number of aromatic nitrogens is 1. The molecule has 0 unspecified atom stereocenters. The molecule has 0 amide bonds. The second kappa shape index (κ2) is 11.7. The van der Waals surface area contributed by atoms with Crippen LogP contribution in [0.5, 0.6) is 5.88 Å². The third-order valence-corrected chi connectivity index (χ3v) is 4.44. The highest BCUT2D eigenvalue weighted by Gasteiger charge is 2.29. The number of ether oxygens (including phenoxy) is 2. The highest BCUT2D eigenvalue weighted by molar-refractivity contribution is 5.79. The number of pyridine rings is 1. The second-order valence-corrected chi connectivity index (χ2v) is 6.71. The minimum atomic E-state index is -4.41. The van der Waals surface area contributed by atoms with Crippen molar-refractivity contribution >= 4 is 5.96 Å². The molecule has 1 aromatic rings. The smallest absolute Gasteiger partial charge is 0.422 e.